The molecule has 1 amide bonds. The van der Waals surface area contributed by atoms with E-state index in [9.17, 15) is 9.59 Å². The van der Waals surface area contributed by atoms with Crippen molar-refractivity contribution in [2.75, 3.05) is 5.32 Å². The van der Waals surface area contributed by atoms with Crippen molar-refractivity contribution in [3.8, 4) is 0 Å². The summed E-state index contributed by atoms with van der Waals surface area (Å²) in [6, 6.07) is 7.07. The zero-order valence-corrected chi connectivity index (χ0v) is 13.7. The summed E-state index contributed by atoms with van der Waals surface area (Å²) in [7, 11) is 1.80. The van der Waals surface area contributed by atoms with Crippen LogP contribution in [0.4, 0.5) is 5.69 Å². The van der Waals surface area contributed by atoms with Crippen molar-refractivity contribution in [2.24, 2.45) is 24.8 Å². The van der Waals surface area contributed by atoms with Crippen LogP contribution in [0.5, 0.6) is 0 Å². The van der Waals surface area contributed by atoms with Crippen LogP contribution in [0.15, 0.2) is 36.7 Å². The van der Waals surface area contributed by atoms with E-state index in [4.69, 9.17) is 0 Å². The Morgan fingerprint density at radius 2 is 1.96 bits per heavy atom. The van der Waals surface area contributed by atoms with Crippen molar-refractivity contribution in [1.29, 1.82) is 0 Å². The van der Waals surface area contributed by atoms with Crippen LogP contribution in [-0.4, -0.2) is 21.2 Å². The Balaban J connectivity index is 1.43. The molecule has 0 saturated heterocycles. The summed E-state index contributed by atoms with van der Waals surface area (Å²) in [5.74, 6) is 1.91. The molecule has 124 valence electrons. The maximum absolute atomic E-state index is 12.5. The first-order valence-corrected chi connectivity index (χ1v) is 8.55. The molecule has 1 aromatic carbocycles. The average Bonchev–Trinajstić information content (AvgIpc) is 3.31. The zero-order chi connectivity index (χ0) is 16.7. The predicted octanol–water partition coefficient (Wildman–Crippen LogP) is 3.03. The fourth-order valence-corrected chi connectivity index (χ4v) is 4.22. The fraction of sp³-hybridized carbons (Fsp3) is 0.421. The van der Waals surface area contributed by atoms with Crippen LogP contribution in [0, 0.1) is 17.8 Å². The van der Waals surface area contributed by atoms with E-state index in [0.29, 0.717) is 17.3 Å². The van der Waals surface area contributed by atoms with E-state index in [1.165, 1.54) is 19.3 Å². The number of amides is 1. The van der Waals surface area contributed by atoms with E-state index in [1.807, 2.05) is 0 Å². The molecule has 5 heteroatoms. The van der Waals surface area contributed by atoms with Gasteiger partial charge in [-0.05, 0) is 55.4 Å². The highest BCUT2D eigenvalue weighted by molar-refractivity contribution is 6.07. The number of imidazole rings is 1. The van der Waals surface area contributed by atoms with Gasteiger partial charge in [0.05, 0.1) is 0 Å². The summed E-state index contributed by atoms with van der Waals surface area (Å²) in [6.07, 6.45) is 8.09. The number of aryl methyl sites for hydroxylation is 1. The molecule has 2 fully saturated rings. The number of nitrogens with zero attached hydrogens (tertiary/aromatic N) is 2. The summed E-state index contributed by atoms with van der Waals surface area (Å²) in [5, 5.41) is 3.01. The van der Waals surface area contributed by atoms with Crippen LogP contribution in [0.1, 0.15) is 41.9 Å². The first kappa shape index (κ1) is 15.1. The molecular formula is C19H21N3O2. The Bertz CT molecular complexity index is 778. The van der Waals surface area contributed by atoms with Gasteiger partial charge in [-0.25, -0.2) is 4.98 Å². The molecule has 2 aliphatic carbocycles. The van der Waals surface area contributed by atoms with E-state index in [0.717, 1.165) is 18.0 Å². The number of anilines is 1. The summed E-state index contributed by atoms with van der Waals surface area (Å²) in [4.78, 5) is 28.9. The Kier molecular flexibility index (Phi) is 3.71. The highest BCUT2D eigenvalue weighted by Gasteiger charge is 2.42. The Morgan fingerprint density at radius 3 is 2.54 bits per heavy atom. The lowest BCUT2D eigenvalue weighted by molar-refractivity contribution is -0.121. The lowest BCUT2D eigenvalue weighted by atomic mass is 9.88. The standard InChI is InChI=1S/C19H21N3O2/c1-22-9-8-20-18(22)17(23)13-4-6-15(7-5-13)21-19(24)16-11-12-2-3-14(16)10-12/h4-9,12,14,16H,2-3,10-11H2,1H3,(H,21,24). The third kappa shape index (κ3) is 2.64. The van der Waals surface area contributed by atoms with Crippen molar-refractivity contribution >= 4 is 17.4 Å². The quantitative estimate of drug-likeness (QED) is 0.880. The first-order valence-electron chi connectivity index (χ1n) is 8.55. The number of rotatable bonds is 4. The van der Waals surface area contributed by atoms with Gasteiger partial charge >= 0.3 is 0 Å². The van der Waals surface area contributed by atoms with Gasteiger partial charge in [0.2, 0.25) is 11.7 Å². The van der Waals surface area contributed by atoms with Gasteiger partial charge in [-0.15, -0.1) is 0 Å². The van der Waals surface area contributed by atoms with Gasteiger partial charge in [0.25, 0.3) is 0 Å². The van der Waals surface area contributed by atoms with Crippen molar-refractivity contribution in [2.45, 2.75) is 25.7 Å². The number of ketones is 1. The van der Waals surface area contributed by atoms with Crippen molar-refractivity contribution in [3.05, 3.63) is 48.0 Å². The topological polar surface area (TPSA) is 64.0 Å². The molecule has 2 bridgehead atoms. The third-order valence-corrected chi connectivity index (χ3v) is 5.51. The van der Waals surface area contributed by atoms with Gasteiger partial charge in [0.15, 0.2) is 5.82 Å². The second kappa shape index (κ2) is 5.89. The van der Waals surface area contributed by atoms with Crippen molar-refractivity contribution < 1.29 is 9.59 Å². The molecule has 2 saturated carbocycles. The van der Waals surface area contributed by atoms with Crippen molar-refractivity contribution in [3.63, 3.8) is 0 Å². The SMILES string of the molecule is Cn1ccnc1C(=O)c1ccc(NC(=O)C2CC3CCC2C3)cc1. The molecule has 2 aliphatic rings. The minimum absolute atomic E-state index is 0.117. The molecule has 5 nitrogen and oxygen atoms in total. The largest absolute Gasteiger partial charge is 0.331 e. The number of aromatic nitrogens is 2. The first-order chi connectivity index (χ1) is 11.6. The zero-order valence-electron chi connectivity index (χ0n) is 13.7. The summed E-state index contributed by atoms with van der Waals surface area (Å²) in [5.41, 5.74) is 1.32. The molecule has 4 rings (SSSR count). The Labute approximate surface area is 141 Å². The van der Waals surface area contributed by atoms with Gasteiger partial charge in [-0.3, -0.25) is 9.59 Å². The van der Waals surface area contributed by atoms with Gasteiger partial charge < -0.3 is 9.88 Å². The van der Waals surface area contributed by atoms with Crippen LogP contribution >= 0.6 is 0 Å². The maximum Gasteiger partial charge on any atom is 0.228 e. The second-order valence-electron chi connectivity index (χ2n) is 7.04. The molecule has 24 heavy (non-hydrogen) atoms. The van der Waals surface area contributed by atoms with Crippen LogP contribution in [-0.2, 0) is 11.8 Å². The lowest BCUT2D eigenvalue weighted by Gasteiger charge is -2.20. The normalized spacial score (nSPS) is 25.0. The molecule has 1 aromatic heterocycles. The number of benzene rings is 1. The maximum atomic E-state index is 12.5. The molecule has 2 aromatic rings. The molecule has 3 atom stereocenters. The number of carbonyl (C=O) groups is 2. The number of nitrogens with one attached hydrogen (secondary N) is 1. The summed E-state index contributed by atoms with van der Waals surface area (Å²) < 4.78 is 1.70. The number of hydrogen-bond acceptors (Lipinski definition) is 3. The molecule has 0 spiro atoms. The predicted molar refractivity (Wildman–Crippen MR) is 90.7 cm³/mol. The summed E-state index contributed by atoms with van der Waals surface area (Å²) in [6.45, 7) is 0. The monoisotopic (exact) mass is 323 g/mol. The molecule has 1 N–H and O–H groups in total. The third-order valence-electron chi connectivity index (χ3n) is 5.51. The lowest BCUT2D eigenvalue weighted by Crippen LogP contribution is -2.27. The Hall–Kier alpha value is -2.43. The minimum atomic E-state index is -0.117. The average molecular weight is 323 g/mol. The summed E-state index contributed by atoms with van der Waals surface area (Å²) >= 11 is 0. The second-order valence-corrected chi connectivity index (χ2v) is 7.04. The van der Waals surface area contributed by atoms with Crippen LogP contribution in [0.3, 0.4) is 0 Å². The van der Waals surface area contributed by atoms with Crippen LogP contribution < -0.4 is 5.32 Å². The van der Waals surface area contributed by atoms with Crippen LogP contribution in [0.2, 0.25) is 0 Å². The van der Waals surface area contributed by atoms with E-state index in [2.05, 4.69) is 10.3 Å². The van der Waals surface area contributed by atoms with Gasteiger partial charge in [-0.2, -0.15) is 0 Å². The van der Waals surface area contributed by atoms with Gasteiger partial charge in [0.1, 0.15) is 0 Å². The smallest absolute Gasteiger partial charge is 0.228 e. The fourth-order valence-electron chi connectivity index (χ4n) is 4.22. The van der Waals surface area contributed by atoms with Crippen LogP contribution in [0.25, 0.3) is 0 Å². The van der Waals surface area contributed by atoms with E-state index in [1.54, 1.807) is 48.3 Å². The van der Waals surface area contributed by atoms with E-state index in [-0.39, 0.29) is 17.6 Å². The van der Waals surface area contributed by atoms with Gasteiger partial charge in [-0.1, -0.05) is 6.42 Å². The number of fused-ring (bicyclic) bond motifs is 2. The van der Waals surface area contributed by atoms with Crippen molar-refractivity contribution in [1.82, 2.24) is 9.55 Å². The molecule has 0 aliphatic heterocycles. The van der Waals surface area contributed by atoms with Gasteiger partial charge in [0, 0.05) is 36.6 Å². The molecule has 0 radical (unpaired) electrons. The number of hydrogen-bond donors (Lipinski definition) is 1. The van der Waals surface area contributed by atoms with E-state index < -0.39 is 0 Å². The Morgan fingerprint density at radius 1 is 1.17 bits per heavy atom. The molecule has 1 heterocycles. The minimum Gasteiger partial charge on any atom is -0.331 e. The highest BCUT2D eigenvalue weighted by atomic mass is 16.2. The number of carbonyl (C=O) groups excluding carboxylic acids is 2. The molecule has 3 unspecified atom stereocenters. The molecular weight excluding hydrogens is 302 g/mol. The highest BCUT2D eigenvalue weighted by Crippen LogP contribution is 2.48. The van der Waals surface area contributed by atoms with E-state index >= 15 is 0 Å².